The van der Waals surface area contributed by atoms with Crippen molar-refractivity contribution in [1.29, 1.82) is 0 Å². The summed E-state index contributed by atoms with van der Waals surface area (Å²) in [7, 11) is -9.87. The molecule has 614 valence electrons. The Hall–Kier alpha value is -1.04. The van der Waals surface area contributed by atoms with Crippen LogP contribution in [0.5, 0.6) is 0 Å². The molecule has 0 fully saturated rings. The number of aliphatic hydroxyl groups is 2. The number of hydrogen-bond acceptors (Lipinski definition) is 22. The zero-order valence-corrected chi connectivity index (χ0v) is 72.3. The summed E-state index contributed by atoms with van der Waals surface area (Å²) in [5, 5.41) is 18.2. The molecule has 0 aliphatic heterocycles. The predicted octanol–water partition coefficient (Wildman–Crippen LogP) is 13.6. The molecule has 22 nitrogen and oxygen atoms in total. The van der Waals surface area contributed by atoms with Crippen molar-refractivity contribution in [3.8, 4) is 0 Å². The van der Waals surface area contributed by atoms with Crippen molar-refractivity contribution in [2.45, 2.75) is 415 Å². The maximum atomic E-state index is 12.8. The molecule has 0 aromatic heterocycles. The zero-order chi connectivity index (χ0) is 75.1. The van der Waals surface area contributed by atoms with Gasteiger partial charge < -0.3 is 66.5 Å². The van der Waals surface area contributed by atoms with Crippen LogP contribution in [0.25, 0.3) is 0 Å². The second-order valence-electron chi connectivity index (χ2n) is 27.8. The number of rotatable bonds is 74. The average Bonchev–Trinajstić information content (AvgIpc) is 0.899. The van der Waals surface area contributed by atoms with Crippen LogP contribution in [-0.2, 0) is 84.4 Å². The first-order valence-electron chi connectivity index (χ1n) is 40.2. The number of phosphoric ester groups is 2. The number of carbonyl (C=O) groups excluding carboxylic acids is 6. The summed E-state index contributed by atoms with van der Waals surface area (Å²) < 4.78 is 76.2. The fourth-order valence-corrected chi connectivity index (χ4v) is 12.5. The van der Waals surface area contributed by atoms with Gasteiger partial charge in [0, 0.05) is 38.5 Å². The van der Waals surface area contributed by atoms with Gasteiger partial charge in [-0.2, -0.15) is 0 Å². The Morgan fingerprint density at radius 1 is 0.305 bits per heavy atom. The molecule has 6 atom stereocenters. The Morgan fingerprint density at radius 3 is 0.743 bits per heavy atom. The minimum Gasteiger partial charge on any atom is -0.756 e. The Labute approximate surface area is 683 Å². The van der Waals surface area contributed by atoms with Crippen molar-refractivity contribution in [3.63, 3.8) is 0 Å². The molecule has 105 heavy (non-hydrogen) atoms. The quantitative estimate of drug-likeness (QED) is 0.0188. The molecule has 0 aromatic rings. The van der Waals surface area contributed by atoms with Crippen LogP contribution < -0.4 is 68.9 Å². The fourth-order valence-electron chi connectivity index (χ4n) is 10.9. The van der Waals surface area contributed by atoms with Crippen LogP contribution in [-0.4, -0.2) is 123 Å². The molecule has 0 heterocycles. The van der Waals surface area contributed by atoms with E-state index in [0.717, 1.165) is 77.0 Å². The molecule has 0 spiro atoms. The van der Waals surface area contributed by atoms with Gasteiger partial charge in [0.15, 0.2) is 18.3 Å². The SMILES string of the molecule is C.C.CCCCCCCCCCCCCC(=O)OC[C@H](COP(=O)([O-])OCC(COC(=O)CC(C)C)OC(=O)CCC)OC(=O)CCCCCCCCCCCCC.CCCCCCCCCCCCCC(=O)OC[C@H](COP(=O)([O-])OCC(O)CO)OC(=O)CCCCCCCCCCCCC.[Na+].[Na+]. The van der Waals surface area contributed by atoms with Gasteiger partial charge >= 0.3 is 94.9 Å². The molecule has 0 radical (unpaired) electrons. The monoisotopic (exact) mass is 1560 g/mol. The van der Waals surface area contributed by atoms with Gasteiger partial charge in [0.05, 0.1) is 33.0 Å². The van der Waals surface area contributed by atoms with E-state index in [4.69, 9.17) is 47.1 Å². The van der Waals surface area contributed by atoms with E-state index in [1.54, 1.807) is 6.92 Å². The Bertz CT molecular complexity index is 2060. The van der Waals surface area contributed by atoms with E-state index in [9.17, 15) is 52.8 Å². The van der Waals surface area contributed by atoms with Crippen LogP contribution in [0.4, 0.5) is 0 Å². The molecule has 0 aliphatic rings. The molecule has 4 unspecified atom stereocenters. The largest absolute Gasteiger partial charge is 1.00 e. The first kappa shape index (κ1) is 115. The van der Waals surface area contributed by atoms with Crippen molar-refractivity contribution in [3.05, 3.63) is 0 Å². The molecule has 0 rings (SSSR count). The average molecular weight is 1560 g/mol. The predicted molar refractivity (Wildman–Crippen MR) is 407 cm³/mol. The molecule has 0 saturated carbocycles. The summed E-state index contributed by atoms with van der Waals surface area (Å²) in [4.78, 5) is 99.0. The van der Waals surface area contributed by atoms with Gasteiger partial charge in [0.25, 0.3) is 15.6 Å². The molecule has 0 saturated heterocycles. The molecular formula is C79H154Na2O22P2. The molecular weight excluding hydrogens is 1410 g/mol. The number of carbonyl (C=O) groups is 6. The van der Waals surface area contributed by atoms with Crippen LogP contribution in [0.2, 0.25) is 0 Å². The summed E-state index contributed by atoms with van der Waals surface area (Å²) in [6, 6.07) is 0. The number of hydrogen-bond donors (Lipinski definition) is 2. The van der Waals surface area contributed by atoms with Gasteiger partial charge in [0.2, 0.25) is 0 Å². The number of phosphoric acid groups is 2. The molecule has 0 bridgehead atoms. The minimum absolute atomic E-state index is 0. The number of unbranched alkanes of at least 4 members (excludes halogenated alkanes) is 40. The minimum atomic E-state index is -5.02. The van der Waals surface area contributed by atoms with Gasteiger partial charge in [-0.3, -0.25) is 37.9 Å². The van der Waals surface area contributed by atoms with E-state index in [0.29, 0.717) is 32.1 Å². The van der Waals surface area contributed by atoms with Crippen molar-refractivity contribution in [1.82, 2.24) is 0 Å². The van der Waals surface area contributed by atoms with Crippen molar-refractivity contribution < 1.29 is 164 Å². The third-order valence-electron chi connectivity index (χ3n) is 17.0. The van der Waals surface area contributed by atoms with Crippen molar-refractivity contribution in [2.24, 2.45) is 5.92 Å². The second-order valence-corrected chi connectivity index (χ2v) is 30.6. The first-order valence-corrected chi connectivity index (χ1v) is 43.1. The van der Waals surface area contributed by atoms with Crippen LogP contribution in [0.15, 0.2) is 0 Å². The van der Waals surface area contributed by atoms with Crippen LogP contribution in [0.1, 0.15) is 391 Å². The maximum Gasteiger partial charge on any atom is 1.00 e. The van der Waals surface area contributed by atoms with Gasteiger partial charge in [-0.25, -0.2) is 0 Å². The smallest absolute Gasteiger partial charge is 0.756 e. The summed E-state index contributed by atoms with van der Waals surface area (Å²) in [6.07, 6.45) is 47.2. The summed E-state index contributed by atoms with van der Waals surface area (Å²) >= 11 is 0. The van der Waals surface area contributed by atoms with Crippen molar-refractivity contribution >= 4 is 51.5 Å². The van der Waals surface area contributed by atoms with E-state index >= 15 is 0 Å². The third-order valence-corrected chi connectivity index (χ3v) is 18.9. The summed E-state index contributed by atoms with van der Waals surface area (Å²) in [5.74, 6) is -3.03. The van der Waals surface area contributed by atoms with Gasteiger partial charge in [-0.1, -0.05) is 320 Å². The second kappa shape index (κ2) is 83.9. The molecule has 0 aliphatic carbocycles. The van der Waals surface area contributed by atoms with Crippen LogP contribution in [0.3, 0.4) is 0 Å². The van der Waals surface area contributed by atoms with Gasteiger partial charge in [0.1, 0.15) is 25.9 Å². The summed E-state index contributed by atoms with van der Waals surface area (Å²) in [5.41, 5.74) is 0. The van der Waals surface area contributed by atoms with E-state index in [-0.39, 0.29) is 132 Å². The van der Waals surface area contributed by atoms with E-state index in [2.05, 4.69) is 32.2 Å². The van der Waals surface area contributed by atoms with E-state index in [1.807, 2.05) is 13.8 Å². The van der Waals surface area contributed by atoms with Crippen molar-refractivity contribution in [2.75, 3.05) is 52.9 Å². The molecule has 0 amide bonds. The van der Waals surface area contributed by atoms with Gasteiger partial charge in [-0.05, 0) is 38.0 Å². The summed E-state index contributed by atoms with van der Waals surface area (Å²) in [6.45, 7) is 10.0. The number of aliphatic hydroxyl groups excluding tert-OH is 2. The maximum absolute atomic E-state index is 12.8. The number of ether oxygens (including phenoxy) is 6. The Kier molecular flexibility index (Phi) is 91.7. The van der Waals surface area contributed by atoms with Crippen LogP contribution in [0, 0.1) is 5.92 Å². The first-order chi connectivity index (χ1) is 48.7. The van der Waals surface area contributed by atoms with Gasteiger partial charge in [-0.15, -0.1) is 0 Å². The third kappa shape index (κ3) is 85.2. The Morgan fingerprint density at radius 2 is 0.514 bits per heavy atom. The van der Waals surface area contributed by atoms with Crippen LogP contribution >= 0.6 is 15.6 Å². The fraction of sp³-hybridized carbons (Fsp3) is 0.924. The topological polar surface area (TPSA) is 315 Å². The molecule has 0 aromatic carbocycles. The van der Waals surface area contributed by atoms with E-state index in [1.165, 1.54) is 180 Å². The zero-order valence-electron chi connectivity index (χ0n) is 66.6. The standard InChI is InChI=1S/C43H81O12P.C34H67O10P.2CH4.2Na/c1-6-9-11-13-15-17-19-21-23-25-27-30-40(44)50-33-38(55-42(46)31-28-26-24-22-20-18-16-14-12-10-7-2)35-52-56(48,49)53-36-39(54-41(45)29-8-3)34-51-43(47)32-37(4)5;1-3-5-7-9-11-13-15-17-19-21-23-25-33(37)41-29-32(30-43-45(39,40)42-28-31(36)27-35)44-34(38)26-24-22-20-18-16-14-12-10-8-6-4-2;;;;/h37-39H,6-36H2,1-5H3,(H,48,49);31-32,35-36H,3-30H2,1-2H3,(H,39,40);2*1H4;;/q;;;;2*+1/p-2/t38-,39?;31?,32-;;;;/m11..../s1. The normalized spacial score (nSPS) is 13.3. The number of esters is 6. The Balaban J connectivity index is -0.000000459. The van der Waals surface area contributed by atoms with E-state index < -0.39 is 116 Å². The molecule has 2 N–H and O–H groups in total. The molecule has 26 heteroatoms.